The molecular weight excluding hydrogens is 921 g/mol. The molecule has 4 aromatic carbocycles. The van der Waals surface area contributed by atoms with Gasteiger partial charge in [0, 0.05) is 124 Å². The number of rotatable bonds is 30. The predicted molar refractivity (Wildman–Crippen MR) is 302 cm³/mol. The van der Waals surface area contributed by atoms with Crippen LogP contribution in [0.15, 0.2) is 90.7 Å². The van der Waals surface area contributed by atoms with E-state index in [9.17, 15) is 20.4 Å². The Kier molecular flexibility index (Phi) is 20.0. The number of methoxy groups -OCH3 is 2. The first-order chi connectivity index (χ1) is 36.1. The summed E-state index contributed by atoms with van der Waals surface area (Å²) in [6.07, 6.45) is 17.5. The van der Waals surface area contributed by atoms with Crippen LogP contribution in [0.2, 0.25) is 0 Å². The van der Waals surface area contributed by atoms with E-state index in [1.165, 1.54) is 114 Å². The predicted octanol–water partition coefficient (Wildman–Crippen LogP) is 12.1. The molecule has 2 saturated heterocycles. The first-order valence-electron chi connectivity index (χ1n) is 29.1. The molecule has 2 aliphatic carbocycles. The molecule has 404 valence electrons. The minimum absolute atomic E-state index is 0.104. The van der Waals surface area contributed by atoms with Crippen LogP contribution < -0.4 is 29.8 Å². The fraction of sp³-hybridized carbons (Fsp3) is 0.594. The highest BCUT2D eigenvalue weighted by atomic mass is 16.5. The lowest BCUT2D eigenvalue weighted by Gasteiger charge is -2.56. The molecule has 0 radical (unpaired) electrons. The van der Waals surface area contributed by atoms with Gasteiger partial charge in [-0.25, -0.2) is 0 Å². The van der Waals surface area contributed by atoms with E-state index < -0.39 is 24.0 Å². The maximum Gasteiger partial charge on any atom is 0.125 e. The number of unbranched alkanes of at least 4 members (excludes halogenated alkanes) is 12. The van der Waals surface area contributed by atoms with Gasteiger partial charge in [-0.1, -0.05) is 141 Å². The summed E-state index contributed by atoms with van der Waals surface area (Å²) in [7, 11) is 3.32. The van der Waals surface area contributed by atoms with Crippen molar-refractivity contribution in [1.82, 2.24) is 0 Å². The van der Waals surface area contributed by atoms with Crippen molar-refractivity contribution in [1.29, 1.82) is 0 Å². The number of phenolic OH excluding ortho intramolecular Hbond substituents is 2. The van der Waals surface area contributed by atoms with Gasteiger partial charge in [0.2, 0.25) is 0 Å². The van der Waals surface area contributed by atoms with Gasteiger partial charge < -0.3 is 49.5 Å². The quantitative estimate of drug-likeness (QED) is 0.0489. The second-order valence-electron chi connectivity index (χ2n) is 22.3. The first kappa shape index (κ1) is 55.3. The molecule has 0 spiro atoms. The number of nitrogens with zero attached hydrogens (tertiary/aromatic N) is 4. The molecule has 74 heavy (non-hydrogen) atoms. The monoisotopic (exact) mass is 1010 g/mol. The summed E-state index contributed by atoms with van der Waals surface area (Å²) in [5.74, 6) is 0.607. The van der Waals surface area contributed by atoms with Crippen LogP contribution in [0, 0.1) is 11.8 Å². The Bertz CT molecular complexity index is 2350. The summed E-state index contributed by atoms with van der Waals surface area (Å²) in [5, 5.41) is 51.1. The molecule has 3 fully saturated rings. The van der Waals surface area contributed by atoms with Crippen molar-refractivity contribution >= 4 is 28.3 Å². The van der Waals surface area contributed by atoms with Gasteiger partial charge in [-0.3, -0.25) is 0 Å². The number of hydrogen-bond acceptors (Lipinski definition) is 10. The van der Waals surface area contributed by atoms with E-state index in [0.29, 0.717) is 34.3 Å². The van der Waals surface area contributed by atoms with Crippen molar-refractivity contribution in [2.45, 2.75) is 166 Å². The molecule has 8 unspecified atom stereocenters. The number of anilines is 4. The van der Waals surface area contributed by atoms with Crippen molar-refractivity contribution in [3.05, 3.63) is 113 Å². The second-order valence-corrected chi connectivity index (χ2v) is 22.3. The lowest BCUT2D eigenvalue weighted by molar-refractivity contribution is -0.463. The Morgan fingerprint density at radius 1 is 0.527 bits per heavy atom. The smallest absolute Gasteiger partial charge is 0.125 e. The van der Waals surface area contributed by atoms with Crippen LogP contribution in [0.25, 0.3) is 5.57 Å². The largest absolute Gasteiger partial charge is 0.851 e. The summed E-state index contributed by atoms with van der Waals surface area (Å²) >= 11 is 0. The van der Waals surface area contributed by atoms with Crippen LogP contribution >= 0.6 is 0 Å². The van der Waals surface area contributed by atoms with Gasteiger partial charge in [-0.05, 0) is 96.3 Å². The molecule has 2 aliphatic heterocycles. The lowest BCUT2D eigenvalue weighted by Crippen LogP contribution is -2.59. The Hall–Kier alpha value is -4.90. The van der Waals surface area contributed by atoms with Crippen molar-refractivity contribution in [3.8, 4) is 11.5 Å². The van der Waals surface area contributed by atoms with Crippen LogP contribution in [0.1, 0.15) is 170 Å². The van der Waals surface area contributed by atoms with Crippen molar-refractivity contribution in [2.24, 2.45) is 11.8 Å². The third kappa shape index (κ3) is 12.5. The standard InChI is InChI=1S/C64H90N4O6/c1-7-11-15-19-35-65(36-20-16-12-8-2)49-27-23-45(24-28-49)57-61(71)59(63(57)73-5)53-33-31-51(39-55(53)69)67-41-47-43-68(44-48(47)42-67)52-32-34-54(56(70)40-52)60-62(72)58(64(60)74-6)46-25-29-50(30-26-46)66(37-21-17-13-9-3)38-22-18-14-10-4/h23-34,39-40,47-48,57-59,61-63,69-70H,7-22,35-38,41-44H2,1-6H3/q-2. The van der Waals surface area contributed by atoms with Gasteiger partial charge in [-0.15, -0.1) is 6.10 Å². The molecule has 10 nitrogen and oxygen atoms in total. The maximum atomic E-state index is 14.1. The van der Waals surface area contributed by atoms with Crippen LogP contribution in [0.4, 0.5) is 22.7 Å². The van der Waals surface area contributed by atoms with Gasteiger partial charge in [0.15, 0.2) is 0 Å². The van der Waals surface area contributed by atoms with Crippen molar-refractivity contribution in [3.63, 3.8) is 0 Å². The molecule has 10 heteroatoms. The van der Waals surface area contributed by atoms with Gasteiger partial charge in [0.25, 0.3) is 0 Å². The number of phenols is 2. The number of ether oxygens (including phenoxy) is 2. The number of fused-ring (bicyclic) bond motifs is 1. The summed E-state index contributed by atoms with van der Waals surface area (Å²) in [6.45, 7) is 16.6. The fourth-order valence-electron chi connectivity index (χ4n) is 12.9. The SMILES string of the molecule is CCCCCCN(CCCCCC)c1ccc(C2C(OC)=C(c3ccc(N4CC5CN(c6ccc(C7C([O-])C(c8ccc(N(CCCCCC)CCCCCC)cc8)C7OC)c(O)c6)CC5C4)cc3O)C2[O-])cc1. The summed E-state index contributed by atoms with van der Waals surface area (Å²) in [6, 6.07) is 28.8. The van der Waals surface area contributed by atoms with E-state index in [2.05, 4.69) is 102 Å². The number of hydrogen-bond donors (Lipinski definition) is 2. The Labute approximate surface area is 445 Å². The molecule has 8 rings (SSSR count). The Morgan fingerprint density at radius 2 is 0.973 bits per heavy atom. The van der Waals surface area contributed by atoms with Gasteiger partial charge >= 0.3 is 0 Å². The van der Waals surface area contributed by atoms with Gasteiger partial charge in [0.05, 0.1) is 13.2 Å². The van der Waals surface area contributed by atoms with Crippen LogP contribution in [0.3, 0.4) is 0 Å². The molecule has 4 aliphatic rings. The molecule has 8 atom stereocenters. The molecule has 4 aromatic rings. The van der Waals surface area contributed by atoms with Crippen LogP contribution in [-0.2, 0) is 9.47 Å². The van der Waals surface area contributed by atoms with E-state index in [1.54, 1.807) is 14.2 Å². The molecule has 1 saturated carbocycles. The zero-order valence-electron chi connectivity index (χ0n) is 46.0. The third-order valence-corrected chi connectivity index (χ3v) is 17.3. The molecule has 2 N–H and O–H groups in total. The van der Waals surface area contributed by atoms with E-state index >= 15 is 0 Å². The second kappa shape index (κ2) is 26.7. The number of benzene rings is 4. The van der Waals surface area contributed by atoms with Crippen LogP contribution in [-0.4, -0.2) is 95.1 Å². The van der Waals surface area contributed by atoms with E-state index in [4.69, 9.17) is 9.47 Å². The average molecular weight is 1010 g/mol. The van der Waals surface area contributed by atoms with Crippen LogP contribution in [0.5, 0.6) is 11.5 Å². The Morgan fingerprint density at radius 3 is 1.39 bits per heavy atom. The maximum absolute atomic E-state index is 14.1. The molecular formula is C64H90N4O6-2. The topological polar surface area (TPSA) is 118 Å². The molecule has 0 bridgehead atoms. The van der Waals surface area contributed by atoms with Gasteiger partial charge in [0.1, 0.15) is 17.3 Å². The highest BCUT2D eigenvalue weighted by Crippen LogP contribution is 2.52. The van der Waals surface area contributed by atoms with E-state index in [0.717, 1.165) is 74.9 Å². The average Bonchev–Trinajstić information content (AvgIpc) is 4.02. The van der Waals surface area contributed by atoms with E-state index in [-0.39, 0.29) is 23.5 Å². The third-order valence-electron chi connectivity index (χ3n) is 17.3. The number of aromatic hydroxyl groups is 2. The summed E-state index contributed by atoms with van der Waals surface area (Å²) in [4.78, 5) is 9.74. The Balaban J connectivity index is 0.858. The highest BCUT2D eigenvalue weighted by molar-refractivity contribution is 5.83. The van der Waals surface area contributed by atoms with E-state index in [1.807, 2.05) is 30.3 Å². The zero-order valence-corrected chi connectivity index (χ0v) is 46.0. The zero-order chi connectivity index (χ0) is 52.1. The highest BCUT2D eigenvalue weighted by Gasteiger charge is 2.47. The van der Waals surface area contributed by atoms with Crippen molar-refractivity contribution < 1.29 is 29.9 Å². The minimum atomic E-state index is -1.04. The normalized spacial score (nSPS) is 23.2. The molecule has 0 amide bonds. The summed E-state index contributed by atoms with van der Waals surface area (Å²) < 4.78 is 11.9. The molecule has 2 heterocycles. The lowest BCUT2D eigenvalue weighted by atomic mass is 9.63. The molecule has 0 aromatic heterocycles. The minimum Gasteiger partial charge on any atom is -0.851 e. The first-order valence-corrected chi connectivity index (χ1v) is 29.1. The van der Waals surface area contributed by atoms with Crippen molar-refractivity contribution in [2.75, 3.05) is 86.2 Å². The van der Waals surface area contributed by atoms with Gasteiger partial charge in [-0.2, -0.15) is 0 Å². The fourth-order valence-corrected chi connectivity index (χ4v) is 12.9. The summed E-state index contributed by atoms with van der Waals surface area (Å²) in [5.41, 5.74) is 8.07.